The molecule has 3 aromatic rings. The molecule has 0 amide bonds. The van der Waals surface area contributed by atoms with Crippen molar-refractivity contribution in [3.05, 3.63) is 94.3 Å². The largest absolute Gasteiger partial charge is 0.493 e. The molecule has 0 aliphatic rings. The van der Waals surface area contributed by atoms with Gasteiger partial charge in [-0.25, -0.2) is 4.39 Å². The Bertz CT molecular complexity index is 884. The molecule has 0 atom stereocenters. The van der Waals surface area contributed by atoms with E-state index < -0.39 is 0 Å². The van der Waals surface area contributed by atoms with Crippen molar-refractivity contribution >= 4 is 11.6 Å². The van der Waals surface area contributed by atoms with E-state index in [1.54, 1.807) is 19.2 Å². The Morgan fingerprint density at radius 2 is 1.63 bits per heavy atom. The zero-order valence-electron chi connectivity index (χ0n) is 15.0. The molecule has 140 valence electrons. The van der Waals surface area contributed by atoms with Gasteiger partial charge in [0, 0.05) is 18.1 Å². The van der Waals surface area contributed by atoms with Crippen LogP contribution >= 0.6 is 11.6 Å². The number of benzene rings is 3. The maximum Gasteiger partial charge on any atom is 0.161 e. The highest BCUT2D eigenvalue weighted by Crippen LogP contribution is 2.29. The maximum absolute atomic E-state index is 13.0. The van der Waals surface area contributed by atoms with Gasteiger partial charge in [-0.3, -0.25) is 0 Å². The van der Waals surface area contributed by atoms with Crippen molar-refractivity contribution in [2.24, 2.45) is 0 Å². The number of halogens is 2. The molecule has 27 heavy (non-hydrogen) atoms. The lowest BCUT2D eigenvalue weighted by molar-refractivity contribution is 0.284. The number of hydrogen-bond donors (Lipinski definition) is 1. The van der Waals surface area contributed by atoms with E-state index >= 15 is 0 Å². The number of ether oxygens (including phenoxy) is 2. The highest BCUT2D eigenvalue weighted by molar-refractivity contribution is 6.31. The molecule has 0 radical (unpaired) electrons. The molecule has 3 aromatic carbocycles. The summed E-state index contributed by atoms with van der Waals surface area (Å²) in [5, 5.41) is 4.13. The van der Waals surface area contributed by atoms with Gasteiger partial charge in [-0.05, 0) is 47.0 Å². The summed E-state index contributed by atoms with van der Waals surface area (Å²) >= 11 is 6.17. The summed E-state index contributed by atoms with van der Waals surface area (Å²) in [6.45, 7) is 1.71. The number of rotatable bonds is 8. The zero-order chi connectivity index (χ0) is 19.1. The van der Waals surface area contributed by atoms with Crippen LogP contribution in [0.5, 0.6) is 11.5 Å². The van der Waals surface area contributed by atoms with Gasteiger partial charge < -0.3 is 14.8 Å². The normalized spacial score (nSPS) is 10.6. The molecule has 1 N–H and O–H groups in total. The predicted octanol–water partition coefficient (Wildman–Crippen LogP) is 5.36. The van der Waals surface area contributed by atoms with Crippen LogP contribution < -0.4 is 14.8 Å². The second-order valence-electron chi connectivity index (χ2n) is 6.10. The van der Waals surface area contributed by atoms with Crippen molar-refractivity contribution in [1.29, 1.82) is 0 Å². The SMILES string of the molecule is COc1cc(CNCc2ccccc2Cl)ccc1OCc1ccc(F)cc1. The average Bonchev–Trinajstić information content (AvgIpc) is 2.69. The third-order valence-electron chi connectivity index (χ3n) is 4.14. The van der Waals surface area contributed by atoms with Gasteiger partial charge in [-0.15, -0.1) is 0 Å². The molecule has 3 rings (SSSR count). The zero-order valence-corrected chi connectivity index (χ0v) is 15.8. The fraction of sp³-hybridized carbons (Fsp3) is 0.182. The van der Waals surface area contributed by atoms with Gasteiger partial charge in [-0.1, -0.05) is 48.0 Å². The second kappa shape index (κ2) is 9.40. The van der Waals surface area contributed by atoms with Crippen LogP contribution in [0.4, 0.5) is 4.39 Å². The minimum Gasteiger partial charge on any atom is -0.493 e. The van der Waals surface area contributed by atoms with Crippen molar-refractivity contribution < 1.29 is 13.9 Å². The summed E-state index contributed by atoms with van der Waals surface area (Å²) < 4.78 is 24.2. The Balaban J connectivity index is 1.58. The molecule has 0 fully saturated rings. The second-order valence-corrected chi connectivity index (χ2v) is 6.50. The standard InChI is InChI=1S/C22H21ClFNO2/c1-26-22-12-17(13-25-14-18-4-2-3-5-20(18)23)8-11-21(22)27-15-16-6-9-19(24)10-7-16/h2-12,25H,13-15H2,1H3. The third kappa shape index (κ3) is 5.46. The fourth-order valence-corrected chi connectivity index (χ4v) is 2.87. The van der Waals surface area contributed by atoms with E-state index in [4.69, 9.17) is 21.1 Å². The average molecular weight is 386 g/mol. The topological polar surface area (TPSA) is 30.5 Å². The molecular weight excluding hydrogens is 365 g/mol. The Labute approximate surface area is 163 Å². The molecule has 5 heteroatoms. The molecule has 0 saturated carbocycles. The van der Waals surface area contributed by atoms with Crippen LogP contribution in [0.2, 0.25) is 5.02 Å². The molecule has 0 unspecified atom stereocenters. The fourth-order valence-electron chi connectivity index (χ4n) is 2.67. The molecular formula is C22H21ClFNO2. The lowest BCUT2D eigenvalue weighted by Gasteiger charge is -2.13. The van der Waals surface area contributed by atoms with Crippen LogP contribution in [0.3, 0.4) is 0 Å². The minimum atomic E-state index is -0.259. The molecule has 0 aromatic heterocycles. The van der Waals surface area contributed by atoms with E-state index in [2.05, 4.69) is 5.32 Å². The molecule has 0 spiro atoms. The first-order valence-electron chi connectivity index (χ1n) is 8.64. The summed E-state index contributed by atoms with van der Waals surface area (Å²) in [6.07, 6.45) is 0. The highest BCUT2D eigenvalue weighted by Gasteiger charge is 2.07. The minimum absolute atomic E-state index is 0.259. The van der Waals surface area contributed by atoms with Crippen molar-refractivity contribution in [1.82, 2.24) is 5.32 Å². The summed E-state index contributed by atoms with van der Waals surface area (Å²) in [5.74, 6) is 1.05. The molecule has 0 bridgehead atoms. The Hall–Kier alpha value is -2.56. The highest BCUT2D eigenvalue weighted by atomic mass is 35.5. The molecule has 0 aliphatic heterocycles. The van der Waals surface area contributed by atoms with E-state index in [1.165, 1.54) is 12.1 Å². The van der Waals surface area contributed by atoms with Gasteiger partial charge in [0.15, 0.2) is 11.5 Å². The Morgan fingerprint density at radius 1 is 0.889 bits per heavy atom. The van der Waals surface area contributed by atoms with Gasteiger partial charge in [0.2, 0.25) is 0 Å². The Kier molecular flexibility index (Phi) is 6.69. The summed E-state index contributed by atoms with van der Waals surface area (Å²) in [5.41, 5.74) is 3.03. The molecule has 3 nitrogen and oxygen atoms in total. The smallest absolute Gasteiger partial charge is 0.161 e. The van der Waals surface area contributed by atoms with Crippen LogP contribution in [0.25, 0.3) is 0 Å². The van der Waals surface area contributed by atoms with Crippen LogP contribution in [0, 0.1) is 5.82 Å². The maximum atomic E-state index is 13.0. The summed E-state index contributed by atoms with van der Waals surface area (Å²) in [6, 6.07) is 19.8. The number of methoxy groups -OCH3 is 1. The van der Waals surface area contributed by atoms with Crippen LogP contribution in [-0.2, 0) is 19.7 Å². The van der Waals surface area contributed by atoms with Gasteiger partial charge in [0.1, 0.15) is 12.4 Å². The molecule has 0 heterocycles. The van der Waals surface area contributed by atoms with E-state index in [0.29, 0.717) is 31.2 Å². The number of nitrogens with one attached hydrogen (secondary N) is 1. The predicted molar refractivity (Wildman–Crippen MR) is 106 cm³/mol. The van der Waals surface area contributed by atoms with Gasteiger partial charge in [0.25, 0.3) is 0 Å². The third-order valence-corrected chi connectivity index (χ3v) is 4.51. The lowest BCUT2D eigenvalue weighted by atomic mass is 10.2. The van der Waals surface area contributed by atoms with E-state index in [9.17, 15) is 4.39 Å². The van der Waals surface area contributed by atoms with Gasteiger partial charge in [0.05, 0.1) is 7.11 Å². The van der Waals surface area contributed by atoms with Crippen LogP contribution in [-0.4, -0.2) is 7.11 Å². The van der Waals surface area contributed by atoms with Crippen molar-refractivity contribution in [3.8, 4) is 11.5 Å². The van der Waals surface area contributed by atoms with E-state index in [1.807, 2.05) is 42.5 Å². The quantitative estimate of drug-likeness (QED) is 0.566. The van der Waals surface area contributed by atoms with Gasteiger partial charge in [-0.2, -0.15) is 0 Å². The van der Waals surface area contributed by atoms with Crippen molar-refractivity contribution in [3.63, 3.8) is 0 Å². The summed E-state index contributed by atoms with van der Waals surface area (Å²) in [4.78, 5) is 0. The van der Waals surface area contributed by atoms with Crippen molar-refractivity contribution in [2.75, 3.05) is 7.11 Å². The summed E-state index contributed by atoms with van der Waals surface area (Å²) in [7, 11) is 1.61. The monoisotopic (exact) mass is 385 g/mol. The first kappa shape index (κ1) is 19.2. The van der Waals surface area contributed by atoms with Crippen LogP contribution in [0.1, 0.15) is 16.7 Å². The Morgan fingerprint density at radius 3 is 2.37 bits per heavy atom. The van der Waals surface area contributed by atoms with Crippen LogP contribution in [0.15, 0.2) is 66.7 Å². The lowest BCUT2D eigenvalue weighted by Crippen LogP contribution is -2.13. The first-order chi connectivity index (χ1) is 13.2. The number of hydrogen-bond acceptors (Lipinski definition) is 3. The van der Waals surface area contributed by atoms with E-state index in [-0.39, 0.29) is 5.82 Å². The molecule has 0 aliphatic carbocycles. The van der Waals surface area contributed by atoms with E-state index in [0.717, 1.165) is 21.7 Å². The molecule has 0 saturated heterocycles. The first-order valence-corrected chi connectivity index (χ1v) is 9.02. The van der Waals surface area contributed by atoms with Crippen molar-refractivity contribution in [2.45, 2.75) is 19.7 Å². The van der Waals surface area contributed by atoms with Gasteiger partial charge >= 0.3 is 0 Å².